The van der Waals surface area contributed by atoms with Gasteiger partial charge in [-0.3, -0.25) is 4.98 Å². The topological polar surface area (TPSA) is 41.9 Å². The quantitative estimate of drug-likeness (QED) is 0.352. The predicted molar refractivity (Wildman–Crippen MR) is 133 cm³/mol. The second-order valence-corrected chi connectivity index (χ2v) is 8.68. The lowest BCUT2D eigenvalue weighted by Gasteiger charge is -2.21. The fourth-order valence-corrected chi connectivity index (χ4v) is 3.94. The van der Waals surface area contributed by atoms with E-state index in [0.717, 1.165) is 40.6 Å². The highest BCUT2D eigenvalue weighted by Crippen LogP contribution is 2.29. The summed E-state index contributed by atoms with van der Waals surface area (Å²) < 4.78 is 0. The average molecular weight is 423 g/mol. The van der Waals surface area contributed by atoms with E-state index in [2.05, 4.69) is 97.3 Å². The number of nitrogens with zero attached hydrogens (tertiary/aromatic N) is 4. The number of aromatic nitrogens is 3. The Morgan fingerprint density at radius 2 is 1.53 bits per heavy atom. The number of hydrogen-bond donors (Lipinski definition) is 0. The van der Waals surface area contributed by atoms with Crippen molar-refractivity contribution in [3.63, 3.8) is 0 Å². The Hall–Kier alpha value is -3.53. The molecule has 2 heterocycles. The SMILES string of the molecule is Cc1ccc(-c2ccc(CN(C)c3nc(-c4ccccc4C(C)C)ncc3C)cc2)cn1. The van der Waals surface area contributed by atoms with E-state index in [4.69, 9.17) is 4.98 Å². The van der Waals surface area contributed by atoms with Crippen molar-refractivity contribution >= 4 is 5.82 Å². The van der Waals surface area contributed by atoms with Gasteiger partial charge in [0.15, 0.2) is 5.82 Å². The summed E-state index contributed by atoms with van der Waals surface area (Å²) in [5.41, 5.74) is 8.02. The first-order valence-electron chi connectivity index (χ1n) is 11.1. The second-order valence-electron chi connectivity index (χ2n) is 8.68. The largest absolute Gasteiger partial charge is 0.355 e. The first kappa shape index (κ1) is 21.7. The van der Waals surface area contributed by atoms with Crippen LogP contribution < -0.4 is 4.90 Å². The van der Waals surface area contributed by atoms with Gasteiger partial charge in [-0.2, -0.15) is 0 Å². The summed E-state index contributed by atoms with van der Waals surface area (Å²) in [5.74, 6) is 2.16. The maximum atomic E-state index is 4.96. The third-order valence-corrected chi connectivity index (χ3v) is 5.75. The Kier molecular flexibility index (Phi) is 6.31. The van der Waals surface area contributed by atoms with Crippen LogP contribution in [-0.4, -0.2) is 22.0 Å². The van der Waals surface area contributed by atoms with Crippen molar-refractivity contribution in [1.82, 2.24) is 15.0 Å². The molecule has 0 aliphatic rings. The van der Waals surface area contributed by atoms with E-state index in [1.165, 1.54) is 16.7 Å². The molecule has 162 valence electrons. The molecule has 4 rings (SSSR count). The van der Waals surface area contributed by atoms with Crippen LogP contribution >= 0.6 is 0 Å². The maximum absolute atomic E-state index is 4.96. The third kappa shape index (κ3) is 4.70. The van der Waals surface area contributed by atoms with Crippen molar-refractivity contribution in [2.75, 3.05) is 11.9 Å². The van der Waals surface area contributed by atoms with E-state index < -0.39 is 0 Å². The molecule has 0 saturated carbocycles. The fourth-order valence-electron chi connectivity index (χ4n) is 3.94. The molecule has 4 aromatic rings. The van der Waals surface area contributed by atoms with Crippen LogP contribution in [0, 0.1) is 13.8 Å². The van der Waals surface area contributed by atoms with Crippen LogP contribution in [0.2, 0.25) is 0 Å². The average Bonchev–Trinajstić information content (AvgIpc) is 2.80. The van der Waals surface area contributed by atoms with Gasteiger partial charge in [0.1, 0.15) is 5.82 Å². The van der Waals surface area contributed by atoms with E-state index in [0.29, 0.717) is 5.92 Å². The van der Waals surface area contributed by atoms with Gasteiger partial charge in [0.2, 0.25) is 0 Å². The molecule has 4 heteroatoms. The fraction of sp³-hybridized carbons (Fsp3) is 0.250. The van der Waals surface area contributed by atoms with Crippen molar-refractivity contribution in [2.45, 2.75) is 40.2 Å². The molecule has 0 spiro atoms. The van der Waals surface area contributed by atoms with Gasteiger partial charge in [0.05, 0.1) is 0 Å². The number of hydrogen-bond acceptors (Lipinski definition) is 4. The van der Waals surface area contributed by atoms with Crippen LogP contribution in [0.1, 0.15) is 42.1 Å². The summed E-state index contributed by atoms with van der Waals surface area (Å²) in [5, 5.41) is 0. The molecular weight excluding hydrogens is 392 g/mol. The molecule has 32 heavy (non-hydrogen) atoms. The summed E-state index contributed by atoms with van der Waals surface area (Å²) in [6, 6.07) is 21.2. The van der Waals surface area contributed by atoms with Crippen molar-refractivity contribution < 1.29 is 0 Å². The third-order valence-electron chi connectivity index (χ3n) is 5.75. The van der Waals surface area contributed by atoms with Gasteiger partial charge in [-0.25, -0.2) is 9.97 Å². The number of aryl methyl sites for hydroxylation is 2. The van der Waals surface area contributed by atoms with E-state index >= 15 is 0 Å². The molecule has 0 saturated heterocycles. The van der Waals surface area contributed by atoms with Crippen molar-refractivity contribution in [1.29, 1.82) is 0 Å². The summed E-state index contributed by atoms with van der Waals surface area (Å²) in [6.07, 6.45) is 3.86. The number of anilines is 1. The van der Waals surface area contributed by atoms with Crippen molar-refractivity contribution in [2.24, 2.45) is 0 Å². The van der Waals surface area contributed by atoms with Gasteiger partial charge >= 0.3 is 0 Å². The Morgan fingerprint density at radius 3 is 2.22 bits per heavy atom. The Bertz CT molecular complexity index is 1200. The molecule has 2 aromatic carbocycles. The molecule has 0 atom stereocenters. The first-order valence-corrected chi connectivity index (χ1v) is 11.1. The minimum atomic E-state index is 0.416. The lowest BCUT2D eigenvalue weighted by atomic mass is 9.97. The number of pyridine rings is 1. The highest BCUT2D eigenvalue weighted by atomic mass is 15.2. The summed E-state index contributed by atoms with van der Waals surface area (Å²) in [4.78, 5) is 16.2. The van der Waals surface area contributed by atoms with Gasteiger partial charge in [0, 0.05) is 48.4 Å². The van der Waals surface area contributed by atoms with Gasteiger partial charge in [-0.1, -0.05) is 68.4 Å². The molecule has 0 fully saturated rings. The first-order chi connectivity index (χ1) is 15.4. The Labute approximate surface area is 191 Å². The zero-order valence-electron chi connectivity index (χ0n) is 19.5. The van der Waals surface area contributed by atoms with Crippen LogP contribution in [0.15, 0.2) is 73.1 Å². The summed E-state index contributed by atoms with van der Waals surface area (Å²) in [7, 11) is 2.09. The van der Waals surface area contributed by atoms with Crippen LogP contribution in [0.25, 0.3) is 22.5 Å². The number of benzene rings is 2. The minimum absolute atomic E-state index is 0.416. The predicted octanol–water partition coefficient (Wildman–Crippen LogP) is 6.58. The van der Waals surface area contributed by atoms with Crippen molar-refractivity contribution in [3.8, 4) is 22.5 Å². The smallest absolute Gasteiger partial charge is 0.161 e. The standard InChI is InChI=1S/C28H30N4/c1-19(2)25-8-6-7-9-26(25)27-30-16-20(3)28(31-27)32(5)18-22-11-14-23(15-12-22)24-13-10-21(4)29-17-24/h6-17,19H,18H2,1-5H3. The Morgan fingerprint density at radius 1 is 0.812 bits per heavy atom. The summed E-state index contributed by atoms with van der Waals surface area (Å²) >= 11 is 0. The van der Waals surface area contributed by atoms with Gasteiger partial charge in [-0.05, 0) is 42.5 Å². The molecular formula is C28H30N4. The minimum Gasteiger partial charge on any atom is -0.355 e. The van der Waals surface area contributed by atoms with Crippen LogP contribution in [0.3, 0.4) is 0 Å². The molecule has 0 aliphatic heterocycles. The summed E-state index contributed by atoms with van der Waals surface area (Å²) in [6.45, 7) is 9.25. The molecule has 2 aromatic heterocycles. The highest BCUT2D eigenvalue weighted by molar-refractivity contribution is 5.64. The maximum Gasteiger partial charge on any atom is 0.161 e. The highest BCUT2D eigenvalue weighted by Gasteiger charge is 2.14. The van der Waals surface area contributed by atoms with Crippen LogP contribution in [0.4, 0.5) is 5.82 Å². The lowest BCUT2D eigenvalue weighted by Crippen LogP contribution is -2.19. The zero-order chi connectivity index (χ0) is 22.7. The van der Waals surface area contributed by atoms with E-state index in [9.17, 15) is 0 Å². The van der Waals surface area contributed by atoms with Crippen LogP contribution in [0.5, 0.6) is 0 Å². The van der Waals surface area contributed by atoms with E-state index in [1.54, 1.807) is 0 Å². The lowest BCUT2D eigenvalue weighted by molar-refractivity contribution is 0.861. The molecule has 0 bridgehead atoms. The van der Waals surface area contributed by atoms with E-state index in [1.807, 2.05) is 25.4 Å². The monoisotopic (exact) mass is 422 g/mol. The molecule has 0 amide bonds. The van der Waals surface area contributed by atoms with Gasteiger partial charge in [0.25, 0.3) is 0 Å². The molecule has 0 radical (unpaired) electrons. The molecule has 0 aliphatic carbocycles. The second kappa shape index (κ2) is 9.31. The van der Waals surface area contributed by atoms with Crippen molar-refractivity contribution in [3.05, 3.63) is 95.4 Å². The molecule has 0 N–H and O–H groups in total. The Balaban J connectivity index is 1.57. The van der Waals surface area contributed by atoms with Gasteiger partial charge in [-0.15, -0.1) is 0 Å². The van der Waals surface area contributed by atoms with Gasteiger partial charge < -0.3 is 4.90 Å². The van der Waals surface area contributed by atoms with Crippen LogP contribution in [-0.2, 0) is 6.54 Å². The van der Waals surface area contributed by atoms with E-state index in [-0.39, 0.29) is 0 Å². The normalized spacial score (nSPS) is 11.1. The number of rotatable bonds is 6. The molecule has 0 unspecified atom stereocenters. The molecule has 4 nitrogen and oxygen atoms in total. The zero-order valence-corrected chi connectivity index (χ0v) is 19.5.